The lowest BCUT2D eigenvalue weighted by Crippen LogP contribution is -2.44. The summed E-state index contributed by atoms with van der Waals surface area (Å²) in [5.41, 5.74) is 1.94. The molecule has 3 aromatic rings. The highest BCUT2D eigenvalue weighted by Gasteiger charge is 2.36. The van der Waals surface area contributed by atoms with Crippen LogP contribution in [0.1, 0.15) is 12.0 Å². The average molecular weight is 502 g/mol. The van der Waals surface area contributed by atoms with Crippen molar-refractivity contribution < 1.29 is 14.0 Å². The number of carbonyl (C=O) groups is 2. The average Bonchev–Trinajstić information content (AvgIpc) is 2.80. The standard InChI is InChI=1S/C24H18Cl2FN3O2S/c25-16-3-1-15(2-4-16)14-30-22(31)13-21(23(32)28-19-11-7-18(27)8-12-19)33-24(30)29-20-9-5-17(26)6-10-20/h1-12,21H,13-14H2,(H,28,32). The first kappa shape index (κ1) is 23.3. The smallest absolute Gasteiger partial charge is 0.238 e. The molecular weight excluding hydrogens is 484 g/mol. The zero-order chi connectivity index (χ0) is 23.4. The van der Waals surface area contributed by atoms with Crippen molar-refractivity contribution in [3.8, 4) is 0 Å². The minimum atomic E-state index is -0.685. The van der Waals surface area contributed by atoms with Gasteiger partial charge in [0.25, 0.3) is 0 Å². The van der Waals surface area contributed by atoms with Gasteiger partial charge in [-0.25, -0.2) is 9.38 Å². The number of nitrogens with zero attached hydrogens (tertiary/aromatic N) is 2. The summed E-state index contributed by atoms with van der Waals surface area (Å²) >= 11 is 13.2. The molecule has 1 heterocycles. The molecule has 168 valence electrons. The first-order chi connectivity index (χ1) is 15.9. The molecular formula is C24H18Cl2FN3O2S. The quantitative estimate of drug-likeness (QED) is 0.446. The molecule has 1 unspecified atom stereocenters. The molecule has 2 amide bonds. The van der Waals surface area contributed by atoms with Gasteiger partial charge in [0.05, 0.1) is 12.2 Å². The van der Waals surface area contributed by atoms with E-state index in [-0.39, 0.29) is 18.2 Å². The molecule has 0 aromatic heterocycles. The van der Waals surface area contributed by atoms with E-state index in [2.05, 4.69) is 10.3 Å². The Morgan fingerprint density at radius 3 is 2.24 bits per heavy atom. The summed E-state index contributed by atoms with van der Waals surface area (Å²) in [5, 5.41) is 3.63. The molecule has 0 saturated carbocycles. The van der Waals surface area contributed by atoms with Crippen LogP contribution in [-0.2, 0) is 16.1 Å². The number of nitrogens with one attached hydrogen (secondary N) is 1. The number of anilines is 1. The number of amidine groups is 1. The van der Waals surface area contributed by atoms with Gasteiger partial charge in [0.2, 0.25) is 11.8 Å². The second-order valence-electron chi connectivity index (χ2n) is 7.28. The second-order valence-corrected chi connectivity index (χ2v) is 9.33. The van der Waals surface area contributed by atoms with Crippen molar-refractivity contribution in [2.75, 3.05) is 5.32 Å². The maximum absolute atomic E-state index is 13.2. The van der Waals surface area contributed by atoms with Gasteiger partial charge in [-0.15, -0.1) is 0 Å². The number of carbonyl (C=O) groups excluding carboxylic acids is 2. The van der Waals surface area contributed by atoms with E-state index in [1.807, 2.05) is 12.1 Å². The molecule has 9 heteroatoms. The largest absolute Gasteiger partial charge is 0.325 e. The lowest BCUT2D eigenvalue weighted by Gasteiger charge is -2.32. The number of aliphatic imine (C=N–C) groups is 1. The molecule has 1 fully saturated rings. The summed E-state index contributed by atoms with van der Waals surface area (Å²) in [7, 11) is 0. The van der Waals surface area contributed by atoms with Gasteiger partial charge in [-0.1, -0.05) is 47.1 Å². The van der Waals surface area contributed by atoms with E-state index in [0.717, 1.165) is 5.56 Å². The van der Waals surface area contributed by atoms with E-state index in [9.17, 15) is 14.0 Å². The maximum Gasteiger partial charge on any atom is 0.238 e. The van der Waals surface area contributed by atoms with Crippen LogP contribution in [0.3, 0.4) is 0 Å². The molecule has 33 heavy (non-hydrogen) atoms. The summed E-state index contributed by atoms with van der Waals surface area (Å²) in [5.74, 6) is -0.976. The van der Waals surface area contributed by atoms with Crippen molar-refractivity contribution in [1.82, 2.24) is 4.90 Å². The van der Waals surface area contributed by atoms with Crippen molar-refractivity contribution in [3.63, 3.8) is 0 Å². The molecule has 5 nitrogen and oxygen atoms in total. The third kappa shape index (κ3) is 6.13. The Morgan fingerprint density at radius 2 is 1.61 bits per heavy atom. The predicted octanol–water partition coefficient (Wildman–Crippen LogP) is 6.29. The Bertz CT molecular complexity index is 1190. The second kappa shape index (κ2) is 10.4. The van der Waals surface area contributed by atoms with Crippen LogP contribution in [0.4, 0.5) is 15.8 Å². The summed E-state index contributed by atoms with van der Waals surface area (Å²) in [6.07, 6.45) is 0.00488. The van der Waals surface area contributed by atoms with E-state index < -0.39 is 11.1 Å². The Labute approximate surface area is 204 Å². The van der Waals surface area contributed by atoms with E-state index in [1.54, 1.807) is 41.3 Å². The Kier molecular flexibility index (Phi) is 7.33. The van der Waals surface area contributed by atoms with Gasteiger partial charge < -0.3 is 5.32 Å². The van der Waals surface area contributed by atoms with Crippen molar-refractivity contribution in [2.24, 2.45) is 4.99 Å². The fourth-order valence-electron chi connectivity index (χ4n) is 3.15. The third-order valence-electron chi connectivity index (χ3n) is 4.85. The highest BCUT2D eigenvalue weighted by atomic mass is 35.5. The van der Waals surface area contributed by atoms with Crippen molar-refractivity contribution >= 4 is 63.3 Å². The van der Waals surface area contributed by atoms with E-state index in [1.165, 1.54) is 36.0 Å². The fourth-order valence-corrected chi connectivity index (χ4v) is 4.50. The first-order valence-corrected chi connectivity index (χ1v) is 11.6. The number of rotatable bonds is 5. The number of halogens is 3. The van der Waals surface area contributed by atoms with Gasteiger partial charge in [0.1, 0.15) is 11.1 Å². The zero-order valence-electron chi connectivity index (χ0n) is 17.2. The van der Waals surface area contributed by atoms with Crippen LogP contribution in [0, 0.1) is 5.82 Å². The van der Waals surface area contributed by atoms with Crippen LogP contribution in [0.15, 0.2) is 77.8 Å². The van der Waals surface area contributed by atoms with E-state index in [4.69, 9.17) is 23.2 Å². The highest BCUT2D eigenvalue weighted by molar-refractivity contribution is 8.15. The topological polar surface area (TPSA) is 61.8 Å². The van der Waals surface area contributed by atoms with Crippen LogP contribution in [0.2, 0.25) is 10.0 Å². The normalized spacial score (nSPS) is 17.3. The number of amides is 2. The Hall–Kier alpha value is -2.87. The summed E-state index contributed by atoms with van der Waals surface area (Å²) in [4.78, 5) is 32.1. The van der Waals surface area contributed by atoms with Crippen molar-refractivity contribution in [2.45, 2.75) is 18.2 Å². The molecule has 1 atom stereocenters. The first-order valence-electron chi connectivity index (χ1n) is 9.99. The molecule has 1 N–H and O–H groups in total. The van der Waals surface area contributed by atoms with E-state index >= 15 is 0 Å². The van der Waals surface area contributed by atoms with Crippen LogP contribution in [-0.4, -0.2) is 27.1 Å². The third-order valence-corrected chi connectivity index (χ3v) is 6.54. The minimum Gasteiger partial charge on any atom is -0.325 e. The molecule has 0 spiro atoms. The predicted molar refractivity (Wildman–Crippen MR) is 132 cm³/mol. The summed E-state index contributed by atoms with van der Waals surface area (Å²) in [6.45, 7) is 0.293. The van der Waals surface area contributed by atoms with Crippen LogP contribution >= 0.6 is 35.0 Å². The summed E-state index contributed by atoms with van der Waals surface area (Å²) in [6, 6.07) is 19.5. The van der Waals surface area contributed by atoms with Crippen molar-refractivity contribution in [1.29, 1.82) is 0 Å². The Morgan fingerprint density at radius 1 is 1.00 bits per heavy atom. The lowest BCUT2D eigenvalue weighted by atomic mass is 10.2. The summed E-state index contributed by atoms with van der Waals surface area (Å²) < 4.78 is 13.2. The SMILES string of the molecule is O=C(Nc1ccc(F)cc1)C1CC(=O)N(Cc2ccc(Cl)cc2)C(=Nc2ccc(Cl)cc2)S1. The van der Waals surface area contributed by atoms with Crippen molar-refractivity contribution in [3.05, 3.63) is 94.2 Å². The van der Waals surface area contributed by atoms with Gasteiger partial charge in [0.15, 0.2) is 5.17 Å². The van der Waals surface area contributed by atoms with Gasteiger partial charge in [-0.05, 0) is 66.2 Å². The van der Waals surface area contributed by atoms with Gasteiger partial charge in [0, 0.05) is 22.2 Å². The maximum atomic E-state index is 13.2. The van der Waals surface area contributed by atoms with Crippen LogP contribution in [0.5, 0.6) is 0 Å². The molecule has 1 aliphatic heterocycles. The molecule has 3 aromatic carbocycles. The van der Waals surface area contributed by atoms with Crippen LogP contribution in [0.25, 0.3) is 0 Å². The zero-order valence-corrected chi connectivity index (χ0v) is 19.5. The van der Waals surface area contributed by atoms with Gasteiger partial charge in [-0.3, -0.25) is 14.5 Å². The van der Waals surface area contributed by atoms with Crippen LogP contribution < -0.4 is 5.32 Å². The monoisotopic (exact) mass is 501 g/mol. The Balaban J connectivity index is 1.59. The molecule has 4 rings (SSSR count). The van der Waals surface area contributed by atoms with E-state index in [0.29, 0.717) is 33.1 Å². The molecule has 0 aliphatic carbocycles. The minimum absolute atomic E-state index is 0.00488. The van der Waals surface area contributed by atoms with Gasteiger partial charge in [-0.2, -0.15) is 0 Å². The number of hydrogen-bond acceptors (Lipinski definition) is 4. The van der Waals surface area contributed by atoms with Gasteiger partial charge >= 0.3 is 0 Å². The molecule has 0 bridgehead atoms. The number of thioether (sulfide) groups is 1. The number of benzene rings is 3. The number of hydrogen-bond donors (Lipinski definition) is 1. The molecule has 0 radical (unpaired) electrons. The molecule has 1 aliphatic rings. The molecule has 1 saturated heterocycles. The fraction of sp³-hybridized carbons (Fsp3) is 0.125. The lowest BCUT2D eigenvalue weighted by molar-refractivity contribution is -0.129. The highest BCUT2D eigenvalue weighted by Crippen LogP contribution is 2.31.